The number of carbonyl (C=O) groups is 2. The Morgan fingerprint density at radius 1 is 1.42 bits per heavy atom. The maximum atomic E-state index is 12.0. The zero-order chi connectivity index (χ0) is 14.6. The Balaban J connectivity index is 2.85. The third-order valence-electron chi connectivity index (χ3n) is 2.19. The van der Waals surface area contributed by atoms with E-state index in [0.717, 1.165) is 0 Å². The highest BCUT2D eigenvalue weighted by atomic mass is 19.4. The van der Waals surface area contributed by atoms with E-state index < -0.39 is 24.5 Å². The van der Waals surface area contributed by atoms with E-state index in [2.05, 4.69) is 4.98 Å². The number of hydrogen-bond acceptors (Lipinski definition) is 3. The van der Waals surface area contributed by atoms with Crippen molar-refractivity contribution >= 4 is 17.6 Å². The molecule has 1 aromatic heterocycles. The molecular formula is C11H13F3N2O3. The number of aryl methyl sites for hydroxylation is 1. The summed E-state index contributed by atoms with van der Waals surface area (Å²) in [5, 5.41) is 2.04. The number of amides is 1. The number of esters is 1. The van der Waals surface area contributed by atoms with E-state index in [1.807, 2.05) is 5.32 Å². The lowest BCUT2D eigenvalue weighted by Crippen LogP contribution is -2.22. The SMILES string of the molecule is CCOC(=O)c1c(NC(=O)CC(F)(F)F)c[nH]c1C. The van der Waals surface area contributed by atoms with Gasteiger partial charge in [0.1, 0.15) is 12.0 Å². The lowest BCUT2D eigenvalue weighted by molar-refractivity contribution is -0.150. The number of rotatable bonds is 4. The quantitative estimate of drug-likeness (QED) is 0.831. The number of aromatic amines is 1. The van der Waals surface area contributed by atoms with Gasteiger partial charge in [-0.25, -0.2) is 4.79 Å². The first-order valence-corrected chi connectivity index (χ1v) is 5.46. The summed E-state index contributed by atoms with van der Waals surface area (Å²) in [6.07, 6.45) is -4.96. The van der Waals surface area contributed by atoms with Crippen LogP contribution in [-0.2, 0) is 9.53 Å². The van der Waals surface area contributed by atoms with Crippen LogP contribution in [0.1, 0.15) is 29.4 Å². The number of ether oxygens (including phenoxy) is 1. The van der Waals surface area contributed by atoms with Crippen LogP contribution < -0.4 is 5.32 Å². The first kappa shape index (κ1) is 15.1. The first-order valence-electron chi connectivity index (χ1n) is 5.46. The van der Waals surface area contributed by atoms with Crippen LogP contribution in [0.25, 0.3) is 0 Å². The highest BCUT2D eigenvalue weighted by Crippen LogP contribution is 2.23. The minimum Gasteiger partial charge on any atom is -0.462 e. The topological polar surface area (TPSA) is 71.2 Å². The molecule has 0 bridgehead atoms. The van der Waals surface area contributed by atoms with Crippen molar-refractivity contribution in [2.45, 2.75) is 26.4 Å². The van der Waals surface area contributed by atoms with Crippen molar-refractivity contribution in [1.82, 2.24) is 4.98 Å². The smallest absolute Gasteiger partial charge is 0.397 e. The van der Waals surface area contributed by atoms with Crippen LogP contribution in [0.4, 0.5) is 18.9 Å². The van der Waals surface area contributed by atoms with Crippen molar-refractivity contribution in [2.75, 3.05) is 11.9 Å². The van der Waals surface area contributed by atoms with Gasteiger partial charge in [-0.15, -0.1) is 0 Å². The van der Waals surface area contributed by atoms with Crippen molar-refractivity contribution < 1.29 is 27.5 Å². The first-order chi connectivity index (χ1) is 8.74. The summed E-state index contributed by atoms with van der Waals surface area (Å²) in [4.78, 5) is 25.4. The molecule has 0 aromatic carbocycles. The molecular weight excluding hydrogens is 265 g/mol. The molecule has 106 valence electrons. The molecule has 0 saturated carbocycles. The van der Waals surface area contributed by atoms with Crippen LogP contribution in [0.15, 0.2) is 6.20 Å². The summed E-state index contributed by atoms with van der Waals surface area (Å²) in [6.45, 7) is 3.27. The molecule has 0 aliphatic rings. The average molecular weight is 278 g/mol. The number of halogens is 3. The number of nitrogens with one attached hydrogen (secondary N) is 2. The van der Waals surface area contributed by atoms with E-state index in [0.29, 0.717) is 5.69 Å². The minimum atomic E-state index is -4.60. The maximum Gasteiger partial charge on any atom is 0.397 e. The molecule has 0 aliphatic heterocycles. The summed E-state index contributed by atoms with van der Waals surface area (Å²) in [5.74, 6) is -1.94. The zero-order valence-electron chi connectivity index (χ0n) is 10.4. The summed E-state index contributed by atoms with van der Waals surface area (Å²) in [7, 11) is 0. The van der Waals surface area contributed by atoms with E-state index in [9.17, 15) is 22.8 Å². The molecule has 2 N–H and O–H groups in total. The zero-order valence-corrected chi connectivity index (χ0v) is 10.4. The normalized spacial score (nSPS) is 11.2. The third-order valence-corrected chi connectivity index (χ3v) is 2.19. The second kappa shape index (κ2) is 5.77. The second-order valence-electron chi connectivity index (χ2n) is 3.76. The Morgan fingerprint density at radius 3 is 2.58 bits per heavy atom. The van der Waals surface area contributed by atoms with Crippen molar-refractivity contribution in [1.29, 1.82) is 0 Å². The Hall–Kier alpha value is -1.99. The molecule has 8 heteroatoms. The maximum absolute atomic E-state index is 12.0. The molecule has 19 heavy (non-hydrogen) atoms. The molecule has 0 saturated heterocycles. The lowest BCUT2D eigenvalue weighted by Gasteiger charge is -2.08. The van der Waals surface area contributed by atoms with E-state index in [4.69, 9.17) is 4.74 Å². The van der Waals surface area contributed by atoms with Crippen LogP contribution in [0, 0.1) is 6.92 Å². The molecule has 0 spiro atoms. The van der Waals surface area contributed by atoms with Gasteiger partial charge in [-0.1, -0.05) is 0 Å². The third kappa shape index (κ3) is 4.31. The van der Waals surface area contributed by atoms with E-state index >= 15 is 0 Å². The molecule has 0 fully saturated rings. The van der Waals surface area contributed by atoms with Crippen LogP contribution in [-0.4, -0.2) is 29.6 Å². The van der Waals surface area contributed by atoms with E-state index in [1.54, 1.807) is 13.8 Å². The molecule has 1 rings (SSSR count). The highest BCUT2D eigenvalue weighted by molar-refractivity contribution is 6.02. The Kier molecular flexibility index (Phi) is 4.57. The number of carbonyl (C=O) groups excluding carboxylic acids is 2. The fraction of sp³-hybridized carbons (Fsp3) is 0.455. The number of alkyl halides is 3. The molecule has 5 nitrogen and oxygen atoms in total. The Morgan fingerprint density at radius 2 is 2.05 bits per heavy atom. The summed E-state index contributed by atoms with van der Waals surface area (Å²) >= 11 is 0. The van der Waals surface area contributed by atoms with Crippen LogP contribution in [0.2, 0.25) is 0 Å². The van der Waals surface area contributed by atoms with Gasteiger partial charge in [-0.05, 0) is 13.8 Å². The van der Waals surface area contributed by atoms with E-state index in [-0.39, 0.29) is 17.9 Å². The fourth-order valence-electron chi connectivity index (χ4n) is 1.47. The van der Waals surface area contributed by atoms with Gasteiger partial charge >= 0.3 is 12.1 Å². The van der Waals surface area contributed by atoms with Gasteiger partial charge in [0, 0.05) is 11.9 Å². The number of aromatic nitrogens is 1. The average Bonchev–Trinajstić information content (AvgIpc) is 2.57. The number of anilines is 1. The van der Waals surface area contributed by atoms with Gasteiger partial charge in [-0.2, -0.15) is 13.2 Å². The summed E-state index contributed by atoms with van der Waals surface area (Å²) < 4.78 is 40.9. The van der Waals surface area contributed by atoms with Gasteiger partial charge in [-0.3, -0.25) is 4.79 Å². The van der Waals surface area contributed by atoms with Gasteiger partial charge in [0.15, 0.2) is 0 Å². The van der Waals surface area contributed by atoms with Crippen molar-refractivity contribution in [3.8, 4) is 0 Å². The summed E-state index contributed by atoms with van der Waals surface area (Å²) in [6, 6.07) is 0. The van der Waals surface area contributed by atoms with Gasteiger partial charge in [0.2, 0.25) is 5.91 Å². The monoisotopic (exact) mass is 278 g/mol. The Labute approximate surface area is 107 Å². The Bertz CT molecular complexity index is 480. The van der Waals surface area contributed by atoms with Crippen molar-refractivity contribution in [3.63, 3.8) is 0 Å². The lowest BCUT2D eigenvalue weighted by atomic mass is 10.2. The second-order valence-corrected chi connectivity index (χ2v) is 3.76. The molecule has 1 heterocycles. The standard InChI is InChI=1S/C11H13F3N2O3/c1-3-19-10(18)9-6(2)15-5-7(9)16-8(17)4-11(12,13)14/h5,15H,3-4H2,1-2H3,(H,16,17). The fourth-order valence-corrected chi connectivity index (χ4v) is 1.47. The number of hydrogen-bond donors (Lipinski definition) is 2. The molecule has 0 aliphatic carbocycles. The molecule has 0 unspecified atom stereocenters. The number of H-pyrrole nitrogens is 1. The molecule has 1 amide bonds. The summed E-state index contributed by atoms with van der Waals surface area (Å²) in [5.41, 5.74) is 0.406. The van der Waals surface area contributed by atoms with Crippen molar-refractivity contribution in [2.24, 2.45) is 0 Å². The molecule has 1 aromatic rings. The van der Waals surface area contributed by atoms with Crippen molar-refractivity contribution in [3.05, 3.63) is 17.5 Å². The van der Waals surface area contributed by atoms with Crippen LogP contribution >= 0.6 is 0 Å². The minimum absolute atomic E-state index is 0.0230. The van der Waals surface area contributed by atoms with Crippen LogP contribution in [0.5, 0.6) is 0 Å². The van der Waals surface area contributed by atoms with Gasteiger partial charge < -0.3 is 15.0 Å². The predicted molar refractivity (Wildman–Crippen MR) is 60.8 cm³/mol. The molecule has 0 atom stereocenters. The van der Waals surface area contributed by atoms with Gasteiger partial charge in [0.05, 0.1) is 12.3 Å². The highest BCUT2D eigenvalue weighted by Gasteiger charge is 2.32. The molecule has 0 radical (unpaired) electrons. The van der Waals surface area contributed by atoms with E-state index in [1.165, 1.54) is 6.20 Å². The van der Waals surface area contributed by atoms with Gasteiger partial charge in [0.25, 0.3) is 0 Å². The van der Waals surface area contributed by atoms with Crippen LogP contribution in [0.3, 0.4) is 0 Å². The largest absolute Gasteiger partial charge is 0.462 e. The predicted octanol–water partition coefficient (Wildman–Crippen LogP) is 2.39.